The summed E-state index contributed by atoms with van der Waals surface area (Å²) in [5.74, 6) is -10.2. The molecule has 1 aliphatic carbocycles. The van der Waals surface area contributed by atoms with E-state index in [-0.39, 0.29) is 55.2 Å². The molecule has 49 heteroatoms. The summed E-state index contributed by atoms with van der Waals surface area (Å²) in [6, 6.07) is 22.2. The Hall–Kier alpha value is -6.02. The summed E-state index contributed by atoms with van der Waals surface area (Å²) in [4.78, 5) is 108. The molecule has 130 heavy (non-hydrogen) atoms. The average Bonchev–Trinajstić information content (AvgIpc) is 1.61. The number of nitrogen functional groups attached to an aromatic ring is 4. The number of halogens is 9. The second-order valence-corrected chi connectivity index (χ2v) is 43.9. The number of ether oxygens (including phenoxy) is 5. The van der Waals surface area contributed by atoms with Crippen LogP contribution < -0.4 is 78.5 Å². The standard InChI is InChI=1S/C17H18I2N2O3S.C16H15N3O6S.C15H15I2N3O4S.C15H15I2N3O3S.C14H15I2N3OS.C4H4O4.ClH/c1-24-15-11(18)6-9(7-12(15)19)5-10-3-2-4-13-16(10)25-17(21-13)20-8-14(22)23;17-15-19-8-3-4-18-9(12(8)26-15)5-7-1-2-10-11(6-7)25-16(24-10,13(20)21)14(22)23;16-7-3-6(4-8(17)11(7)18)5-10-12-9(1-2-19-10)20-15(25-12,13(21)22)14(23)24;16-8-3-7(4-9(17)13(8)23-6-12(21)22)5-11-14-10(1-2-19-11)20-15(18)24-14;1-20-12-8(15)4-7(5-9(12)16)6-11-13-10(2-3-18-11)19-14(17)21-13;5-3(6)1-2-4(7)8;/h6-7,10H,2-5,8H2,1H3,(H,20,21)(H,22,23);1-2,6,9,18H,3-5H2,(H2,17,19)(H,20,21)(H,22,23);3-4,10,19-20H,1-2,5,18H2,(H,21,22)(H,23,24);3-4,11,19H,1-2,5-6H2,(H2,18,20)(H,21,22);4-5,11,18H,2-3,6H2,1H3,(H2,17,19);1-2H,(H,5,6)(H,7,8);1H/b;;;;;2-1-;. The fraction of sp³-hybridized carbons (Fsp3) is 0.333. The maximum atomic E-state index is 11.6. The predicted octanol–water partition coefficient (Wildman–Crippen LogP) is 13.4. The number of thiazole rings is 4. The van der Waals surface area contributed by atoms with Gasteiger partial charge in [0.25, 0.3) is 4.87 Å². The molecule has 4 aromatic heterocycles. The monoisotopic (exact) mass is 2800 g/mol. The van der Waals surface area contributed by atoms with E-state index in [2.05, 4.69) is 257 Å². The quantitative estimate of drug-likeness (QED) is 0.0116. The fourth-order valence-corrected chi connectivity index (χ4v) is 28.7. The van der Waals surface area contributed by atoms with Crippen molar-refractivity contribution in [3.05, 3.63) is 188 Å². The molecule has 0 spiro atoms. The molecular weight excluding hydrogens is 2720 g/mol. The van der Waals surface area contributed by atoms with Crippen molar-refractivity contribution in [2.45, 2.75) is 118 Å². The topological polar surface area (TPSA) is 572 Å². The van der Waals surface area contributed by atoms with E-state index in [1.807, 2.05) is 24.3 Å². The number of nitrogens with two attached hydrogens (primary N) is 4. The number of fused-ring (bicyclic) bond motifs is 5. The first-order valence-electron chi connectivity index (χ1n) is 38.8. The van der Waals surface area contributed by atoms with E-state index >= 15 is 0 Å². The number of hydrogen-bond donors (Lipinski definition) is 18. The minimum absolute atomic E-state index is 0. The molecule has 5 aromatic carbocycles. The van der Waals surface area contributed by atoms with Crippen LogP contribution >= 0.6 is 250 Å². The number of rotatable bonds is 24. The SMILES string of the molecule is COc1c(I)cc(CC2CCCc3nc(NCC(=O)O)sc32)cc1I.COc1c(I)cc(CC2NCCc3nc(N)sc32)cc1I.Cl.Nc1c(I)cc(CC2NCCC3=C2SC(C(=O)O)(C(=O)O)N3)cc1I.Nc1nc2c(s1)C(Cc1cc(I)c(OCC(=O)O)c(I)c1)NCC2.Nc1nc2c(s1)C(Cc1ccc3c(c1)OC(C(=O)O)(C(=O)O)O3)NCC2.O=C(O)/C=C\C(=O)O. The van der Waals surface area contributed by atoms with Crippen molar-refractivity contribution in [3.8, 4) is 28.7 Å². The number of carbonyl (C=O) groups is 8. The van der Waals surface area contributed by atoms with Crippen LogP contribution in [0.15, 0.2) is 89.5 Å². The Kier molecular flexibility index (Phi) is 39.3. The zero-order valence-electron chi connectivity index (χ0n) is 68.1. The lowest BCUT2D eigenvalue weighted by atomic mass is 9.87. The Morgan fingerprint density at radius 3 is 1.30 bits per heavy atom. The number of carboxylic acids is 8. The van der Waals surface area contributed by atoms with Gasteiger partial charge in [0.05, 0.1) is 64.1 Å². The minimum Gasteiger partial charge on any atom is -0.495 e. The third kappa shape index (κ3) is 27.2. The summed E-state index contributed by atoms with van der Waals surface area (Å²) < 4.78 is 34.8. The summed E-state index contributed by atoms with van der Waals surface area (Å²) in [6.07, 6.45) is 11.6. The normalized spacial score (nSPS) is 17.8. The van der Waals surface area contributed by atoms with Crippen LogP contribution in [0.1, 0.15) is 113 Å². The number of aryl methyl sites for hydroxylation is 1. The van der Waals surface area contributed by atoms with Crippen LogP contribution in [0.25, 0.3) is 0 Å². The smallest absolute Gasteiger partial charge is 0.453 e. The van der Waals surface area contributed by atoms with E-state index in [0.29, 0.717) is 76.8 Å². The Bertz CT molecular complexity index is 5700. The number of anilines is 5. The maximum Gasteiger partial charge on any atom is 0.453 e. The molecule has 9 aromatic rings. The maximum absolute atomic E-state index is 11.6. The highest BCUT2D eigenvalue weighted by Crippen LogP contribution is 2.47. The van der Waals surface area contributed by atoms with Gasteiger partial charge in [-0.25, -0.2) is 53.5 Å². The Balaban J connectivity index is 0.000000165. The number of methoxy groups -OCH3 is 2. The molecule has 0 saturated carbocycles. The molecule has 6 aliphatic heterocycles. The van der Waals surface area contributed by atoms with Gasteiger partial charge < -0.3 is 119 Å². The number of nitrogens with one attached hydrogen (secondary N) is 6. The van der Waals surface area contributed by atoms with E-state index in [0.717, 1.165) is 178 Å². The molecule has 10 heterocycles. The molecule has 0 amide bonds. The lowest BCUT2D eigenvalue weighted by Crippen LogP contribution is -2.54. The molecule has 0 fully saturated rings. The minimum atomic E-state index is -2.75. The summed E-state index contributed by atoms with van der Waals surface area (Å²) in [5, 5.41) is 92.5. The highest BCUT2D eigenvalue weighted by molar-refractivity contribution is 14.1. The van der Waals surface area contributed by atoms with Gasteiger partial charge in [0.15, 0.2) is 38.6 Å². The van der Waals surface area contributed by atoms with Gasteiger partial charge in [0.2, 0.25) is 0 Å². The van der Waals surface area contributed by atoms with Gasteiger partial charge in [-0.15, -0.1) is 57.8 Å². The second-order valence-electron chi connectivity index (χ2n) is 29.1. The van der Waals surface area contributed by atoms with Crippen molar-refractivity contribution in [1.82, 2.24) is 46.5 Å². The zero-order chi connectivity index (χ0) is 93.6. The lowest BCUT2D eigenvalue weighted by molar-refractivity contribution is -0.194. The molecule has 0 radical (unpaired) electrons. The van der Waals surface area contributed by atoms with Gasteiger partial charge >= 0.3 is 53.5 Å². The Labute approximate surface area is 878 Å². The highest BCUT2D eigenvalue weighted by Gasteiger charge is 2.58. The van der Waals surface area contributed by atoms with Gasteiger partial charge in [-0.1, -0.05) is 17.8 Å². The Morgan fingerprint density at radius 2 is 0.877 bits per heavy atom. The van der Waals surface area contributed by atoms with Crippen LogP contribution in [-0.2, 0) is 96.1 Å². The van der Waals surface area contributed by atoms with E-state index in [1.165, 1.54) is 54.4 Å². The number of benzene rings is 5. The molecule has 22 N–H and O–H groups in total. The van der Waals surface area contributed by atoms with Gasteiger partial charge in [0, 0.05) is 125 Å². The molecule has 16 rings (SSSR count). The highest BCUT2D eigenvalue weighted by atomic mass is 127. The first kappa shape index (κ1) is 106. The molecule has 0 saturated heterocycles. The molecule has 35 nitrogen and oxygen atoms in total. The first-order chi connectivity index (χ1) is 61.2. The number of carboxylic acid groups (broad SMARTS) is 8. The van der Waals surface area contributed by atoms with E-state index < -0.39 is 58.4 Å². The number of aromatic nitrogens is 4. The van der Waals surface area contributed by atoms with Crippen molar-refractivity contribution < 1.29 is 103 Å². The van der Waals surface area contributed by atoms with E-state index in [9.17, 15) is 58.8 Å². The number of hydrogen-bond acceptors (Lipinski definition) is 32. The van der Waals surface area contributed by atoms with Gasteiger partial charge in [0.1, 0.15) is 23.8 Å². The second kappa shape index (κ2) is 48.1. The van der Waals surface area contributed by atoms with Crippen LogP contribution in [0.2, 0.25) is 0 Å². The lowest BCUT2D eigenvalue weighted by Gasteiger charge is -2.25. The molecule has 696 valence electrons. The molecular formula is C81H83ClI8N14O21S5. The third-order valence-corrected chi connectivity index (χ3v) is 32.7. The van der Waals surface area contributed by atoms with Gasteiger partial charge in [-0.2, -0.15) is 0 Å². The third-order valence-electron chi connectivity index (χ3n) is 20.2. The first-order valence-corrected chi connectivity index (χ1v) is 51.5. The molecule has 5 unspecified atom stereocenters. The zero-order valence-corrected chi connectivity index (χ0v) is 90.2. The van der Waals surface area contributed by atoms with Crippen molar-refractivity contribution in [1.29, 1.82) is 0 Å². The number of thioether (sulfide) groups is 1. The van der Waals surface area contributed by atoms with Crippen LogP contribution in [0.3, 0.4) is 0 Å². The Morgan fingerprint density at radius 1 is 0.477 bits per heavy atom. The largest absolute Gasteiger partial charge is 0.495 e. The van der Waals surface area contributed by atoms with Crippen LogP contribution in [0.5, 0.6) is 28.7 Å². The van der Waals surface area contributed by atoms with Crippen LogP contribution in [-0.4, -0.2) is 179 Å². The summed E-state index contributed by atoms with van der Waals surface area (Å²) in [6.45, 7) is 2.88. The fourth-order valence-electron chi connectivity index (χ4n) is 14.6. The summed E-state index contributed by atoms with van der Waals surface area (Å²) in [5.41, 5.74) is 35.0. The average molecular weight is 2800 g/mol. The van der Waals surface area contributed by atoms with Crippen LogP contribution in [0, 0.1) is 28.6 Å². The van der Waals surface area contributed by atoms with Crippen molar-refractivity contribution in [2.24, 2.45) is 0 Å². The van der Waals surface area contributed by atoms with E-state index in [1.54, 1.807) is 60.4 Å². The number of nitrogens with zero attached hydrogens (tertiary/aromatic N) is 4. The van der Waals surface area contributed by atoms with E-state index in [4.69, 9.17) is 67.0 Å². The van der Waals surface area contributed by atoms with Gasteiger partial charge in [-0.3, -0.25) is 4.79 Å². The summed E-state index contributed by atoms with van der Waals surface area (Å²) in [7, 11) is 3.42. The predicted molar refractivity (Wildman–Crippen MR) is 563 cm³/mol. The molecule has 7 aliphatic rings. The molecule has 0 bridgehead atoms. The van der Waals surface area contributed by atoms with Crippen molar-refractivity contribution >= 4 is 324 Å². The van der Waals surface area contributed by atoms with Gasteiger partial charge in [-0.05, 0) is 326 Å². The summed E-state index contributed by atoms with van der Waals surface area (Å²) >= 11 is 25.1. The van der Waals surface area contributed by atoms with Crippen molar-refractivity contribution in [2.75, 3.05) is 81.8 Å². The number of aliphatic carboxylic acids is 8. The van der Waals surface area contributed by atoms with Crippen LogP contribution in [0.4, 0.5) is 26.2 Å². The van der Waals surface area contributed by atoms with Crippen molar-refractivity contribution in [3.63, 3.8) is 0 Å². The molecule has 5 atom stereocenters.